The number of hydrogen-bond acceptors (Lipinski definition) is 3. The van der Waals surface area contributed by atoms with Crippen LogP contribution in [0.5, 0.6) is 0 Å². The summed E-state index contributed by atoms with van der Waals surface area (Å²) < 4.78 is 25.2. The third-order valence-electron chi connectivity index (χ3n) is 2.75. The van der Waals surface area contributed by atoms with Crippen molar-refractivity contribution in [3.63, 3.8) is 0 Å². The molecule has 2 aromatic rings. The quantitative estimate of drug-likeness (QED) is 0.886. The number of anilines is 1. The first-order chi connectivity index (χ1) is 9.95. The molecule has 2 amide bonds. The number of carbonyl (C=O) groups is 1. The van der Waals surface area contributed by atoms with Crippen molar-refractivity contribution < 1.29 is 13.6 Å². The van der Waals surface area contributed by atoms with Crippen LogP contribution in [0, 0.1) is 6.92 Å². The summed E-state index contributed by atoms with van der Waals surface area (Å²) in [7, 11) is 0. The van der Waals surface area contributed by atoms with Gasteiger partial charge in [0, 0.05) is 22.3 Å². The van der Waals surface area contributed by atoms with Crippen LogP contribution in [0.4, 0.5) is 19.3 Å². The molecule has 21 heavy (non-hydrogen) atoms. The van der Waals surface area contributed by atoms with Crippen LogP contribution >= 0.6 is 11.3 Å². The van der Waals surface area contributed by atoms with Gasteiger partial charge in [-0.3, -0.25) is 0 Å². The number of rotatable bonds is 4. The number of nitrogens with zero attached hydrogens (tertiary/aromatic N) is 1. The lowest BCUT2D eigenvalue weighted by Crippen LogP contribution is -2.31. The summed E-state index contributed by atoms with van der Waals surface area (Å²) in [4.78, 5) is 16.1. The minimum atomic E-state index is -2.56. The maximum absolute atomic E-state index is 12.6. The van der Waals surface area contributed by atoms with Gasteiger partial charge < -0.3 is 10.6 Å². The van der Waals surface area contributed by atoms with E-state index in [-0.39, 0.29) is 11.6 Å². The zero-order valence-electron chi connectivity index (χ0n) is 11.6. The van der Waals surface area contributed by atoms with Gasteiger partial charge in [-0.1, -0.05) is 12.1 Å². The Labute approximate surface area is 125 Å². The molecule has 1 unspecified atom stereocenters. The molecule has 2 rings (SSSR count). The van der Waals surface area contributed by atoms with Crippen LogP contribution in [-0.4, -0.2) is 11.0 Å². The molecule has 1 heterocycles. The number of carbonyl (C=O) groups excluding carboxylic acids is 1. The fourth-order valence-electron chi connectivity index (χ4n) is 1.75. The summed E-state index contributed by atoms with van der Waals surface area (Å²) in [6.45, 7) is 3.69. The number of alkyl halides is 2. The molecular formula is C14H15F2N3OS. The Morgan fingerprint density at radius 2 is 2.14 bits per heavy atom. The molecule has 0 aliphatic heterocycles. The van der Waals surface area contributed by atoms with Gasteiger partial charge in [0.2, 0.25) is 0 Å². The minimum Gasteiger partial charge on any atom is -0.329 e. The van der Waals surface area contributed by atoms with Gasteiger partial charge >= 0.3 is 6.03 Å². The summed E-state index contributed by atoms with van der Waals surface area (Å²) in [5.74, 6) is 0. The molecule has 1 atom stereocenters. The Morgan fingerprint density at radius 1 is 1.38 bits per heavy atom. The molecule has 0 fully saturated rings. The van der Waals surface area contributed by atoms with Crippen molar-refractivity contribution in [2.75, 3.05) is 5.32 Å². The molecule has 112 valence electrons. The standard InChI is InChI=1S/C14H15F2N3OS/c1-8-7-21-13(17-8)9(2)18-14(20)19-11-5-3-4-10(6-11)12(15)16/h3-7,9,12H,1-2H3,(H2,18,19,20). The van der Waals surface area contributed by atoms with Gasteiger partial charge in [-0.05, 0) is 26.0 Å². The van der Waals surface area contributed by atoms with Crippen LogP contribution < -0.4 is 10.6 Å². The van der Waals surface area contributed by atoms with Crippen molar-refractivity contribution in [1.29, 1.82) is 0 Å². The van der Waals surface area contributed by atoms with Crippen molar-refractivity contribution in [2.24, 2.45) is 0 Å². The lowest BCUT2D eigenvalue weighted by molar-refractivity contribution is 0.151. The Bertz CT molecular complexity index is 630. The van der Waals surface area contributed by atoms with E-state index in [1.165, 1.54) is 29.5 Å². The van der Waals surface area contributed by atoms with Crippen molar-refractivity contribution in [1.82, 2.24) is 10.3 Å². The molecule has 0 saturated heterocycles. The van der Waals surface area contributed by atoms with E-state index in [2.05, 4.69) is 15.6 Å². The van der Waals surface area contributed by atoms with Gasteiger partial charge in [-0.15, -0.1) is 11.3 Å². The minimum absolute atomic E-state index is 0.128. The van der Waals surface area contributed by atoms with E-state index >= 15 is 0 Å². The molecule has 1 aromatic carbocycles. The van der Waals surface area contributed by atoms with Crippen molar-refractivity contribution >= 4 is 23.1 Å². The van der Waals surface area contributed by atoms with Crippen molar-refractivity contribution in [3.8, 4) is 0 Å². The van der Waals surface area contributed by atoms with Gasteiger partial charge in [0.25, 0.3) is 6.43 Å². The Morgan fingerprint density at radius 3 is 2.76 bits per heavy atom. The Hall–Kier alpha value is -2.02. The highest BCUT2D eigenvalue weighted by Crippen LogP contribution is 2.22. The van der Waals surface area contributed by atoms with E-state index < -0.39 is 12.5 Å². The topological polar surface area (TPSA) is 54.0 Å². The van der Waals surface area contributed by atoms with Gasteiger partial charge in [0.1, 0.15) is 5.01 Å². The van der Waals surface area contributed by atoms with Gasteiger partial charge in [-0.25, -0.2) is 18.6 Å². The molecule has 0 aliphatic carbocycles. The SMILES string of the molecule is Cc1csc(C(C)NC(=O)Nc2cccc(C(F)F)c2)n1. The summed E-state index contributed by atoms with van der Waals surface area (Å²) in [5.41, 5.74) is 1.10. The molecule has 7 heteroatoms. The average molecular weight is 311 g/mol. The molecule has 0 aliphatic rings. The fraction of sp³-hybridized carbons (Fsp3) is 0.286. The number of benzene rings is 1. The highest BCUT2D eigenvalue weighted by Gasteiger charge is 2.13. The second kappa shape index (κ2) is 6.62. The fourth-order valence-corrected chi connectivity index (χ4v) is 2.55. The number of thiazole rings is 1. The molecule has 1 aromatic heterocycles. The van der Waals surface area contributed by atoms with Gasteiger partial charge in [0.05, 0.1) is 6.04 Å². The molecule has 0 saturated carbocycles. The largest absolute Gasteiger partial charge is 0.329 e. The molecule has 0 radical (unpaired) electrons. The van der Waals surface area contributed by atoms with Crippen molar-refractivity contribution in [3.05, 3.63) is 45.9 Å². The maximum atomic E-state index is 12.6. The first-order valence-corrected chi connectivity index (χ1v) is 7.21. The van der Waals surface area contributed by atoms with E-state index in [1.807, 2.05) is 19.2 Å². The zero-order valence-corrected chi connectivity index (χ0v) is 12.4. The van der Waals surface area contributed by atoms with Gasteiger partial charge in [0.15, 0.2) is 0 Å². The average Bonchev–Trinajstić information content (AvgIpc) is 2.85. The van der Waals surface area contributed by atoms with E-state index in [9.17, 15) is 13.6 Å². The second-order valence-corrected chi connectivity index (χ2v) is 5.46. The zero-order chi connectivity index (χ0) is 15.4. The molecule has 0 spiro atoms. The summed E-state index contributed by atoms with van der Waals surface area (Å²) in [6, 6.07) is 4.90. The summed E-state index contributed by atoms with van der Waals surface area (Å²) in [5, 5.41) is 7.95. The summed E-state index contributed by atoms with van der Waals surface area (Å²) >= 11 is 1.46. The molecule has 4 nitrogen and oxygen atoms in total. The number of aromatic nitrogens is 1. The third-order valence-corrected chi connectivity index (χ3v) is 3.90. The van der Waals surface area contributed by atoms with E-state index in [0.717, 1.165) is 10.7 Å². The van der Waals surface area contributed by atoms with Crippen LogP contribution in [0.2, 0.25) is 0 Å². The maximum Gasteiger partial charge on any atom is 0.319 e. The first kappa shape index (κ1) is 15.4. The predicted molar refractivity (Wildman–Crippen MR) is 78.8 cm³/mol. The molecule has 0 bridgehead atoms. The third kappa shape index (κ3) is 4.22. The second-order valence-electron chi connectivity index (χ2n) is 4.57. The number of aryl methyl sites for hydroxylation is 1. The lowest BCUT2D eigenvalue weighted by Gasteiger charge is -2.13. The van der Waals surface area contributed by atoms with Crippen molar-refractivity contribution in [2.45, 2.75) is 26.3 Å². The van der Waals surface area contributed by atoms with Crippen LogP contribution in [0.15, 0.2) is 29.6 Å². The molecule has 2 N–H and O–H groups in total. The van der Waals surface area contributed by atoms with E-state index in [4.69, 9.17) is 0 Å². The highest BCUT2D eigenvalue weighted by atomic mass is 32.1. The smallest absolute Gasteiger partial charge is 0.319 e. The normalized spacial score (nSPS) is 12.2. The summed E-state index contributed by atoms with van der Waals surface area (Å²) in [6.07, 6.45) is -2.56. The first-order valence-electron chi connectivity index (χ1n) is 6.33. The number of amides is 2. The van der Waals surface area contributed by atoms with E-state index in [0.29, 0.717) is 5.69 Å². The van der Waals surface area contributed by atoms with E-state index in [1.54, 1.807) is 6.07 Å². The number of urea groups is 1. The molecular weight excluding hydrogens is 296 g/mol. The number of nitrogens with one attached hydrogen (secondary N) is 2. The number of halogens is 2. The van der Waals surface area contributed by atoms with Crippen LogP contribution in [0.25, 0.3) is 0 Å². The van der Waals surface area contributed by atoms with Gasteiger partial charge in [-0.2, -0.15) is 0 Å². The van der Waals surface area contributed by atoms with Crippen LogP contribution in [0.1, 0.15) is 35.7 Å². The Balaban J connectivity index is 1.97. The monoisotopic (exact) mass is 311 g/mol. The number of hydrogen-bond donors (Lipinski definition) is 2. The van der Waals surface area contributed by atoms with Crippen LogP contribution in [0.3, 0.4) is 0 Å². The van der Waals surface area contributed by atoms with Crippen LogP contribution in [-0.2, 0) is 0 Å². The lowest BCUT2D eigenvalue weighted by atomic mass is 10.2. The highest BCUT2D eigenvalue weighted by molar-refractivity contribution is 7.09. The predicted octanol–water partition coefficient (Wildman–Crippen LogP) is 4.27. The Kier molecular flexibility index (Phi) is 4.85.